The molecule has 0 spiro atoms. The molecule has 1 aliphatic rings. The van der Waals surface area contributed by atoms with Crippen LogP contribution in [0.25, 0.3) is 0 Å². The molecule has 0 amide bonds. The van der Waals surface area contributed by atoms with Crippen LogP contribution in [0.5, 0.6) is 0 Å². The molecule has 68 valence electrons. The molecule has 0 radical (unpaired) electrons. The van der Waals surface area contributed by atoms with Crippen molar-refractivity contribution in [3.8, 4) is 0 Å². The maximum atomic E-state index is 10.5. The van der Waals surface area contributed by atoms with Gasteiger partial charge < -0.3 is 15.5 Å². The van der Waals surface area contributed by atoms with Gasteiger partial charge in [0.15, 0.2) is 0 Å². The Hall–Kier alpha value is -1.10. The lowest BCUT2D eigenvalue weighted by molar-refractivity contribution is -0.145. The van der Waals surface area contributed by atoms with Gasteiger partial charge in [-0.15, -0.1) is 0 Å². The second kappa shape index (κ2) is 3.53. The molecule has 3 N–H and O–H groups in total. The number of carboxylic acids is 2. The first-order chi connectivity index (χ1) is 5.61. The van der Waals surface area contributed by atoms with E-state index < -0.39 is 23.9 Å². The molecule has 0 bridgehead atoms. The van der Waals surface area contributed by atoms with E-state index in [1.165, 1.54) is 0 Å². The molecule has 1 aliphatic heterocycles. The minimum absolute atomic E-state index is 0.185. The van der Waals surface area contributed by atoms with Gasteiger partial charge in [0.2, 0.25) is 0 Å². The van der Waals surface area contributed by atoms with Crippen molar-refractivity contribution in [2.45, 2.75) is 18.9 Å². The van der Waals surface area contributed by atoms with Crippen LogP contribution in [0.15, 0.2) is 0 Å². The van der Waals surface area contributed by atoms with Crippen LogP contribution >= 0.6 is 0 Å². The number of rotatable bonds is 2. The van der Waals surface area contributed by atoms with Crippen LogP contribution in [0.1, 0.15) is 12.8 Å². The van der Waals surface area contributed by atoms with Crippen molar-refractivity contribution in [2.24, 2.45) is 5.92 Å². The highest BCUT2D eigenvalue weighted by molar-refractivity contribution is 5.76. The molecular weight excluding hydrogens is 162 g/mol. The lowest BCUT2D eigenvalue weighted by Crippen LogP contribution is -2.45. The summed E-state index contributed by atoms with van der Waals surface area (Å²) in [5, 5.41) is 19.9. The first kappa shape index (κ1) is 8.99. The summed E-state index contributed by atoms with van der Waals surface area (Å²) >= 11 is 0. The van der Waals surface area contributed by atoms with Gasteiger partial charge in [-0.25, -0.2) is 0 Å². The van der Waals surface area contributed by atoms with Crippen molar-refractivity contribution >= 4 is 11.9 Å². The molecule has 0 aromatic rings. The Kier molecular flexibility index (Phi) is 2.65. The van der Waals surface area contributed by atoms with E-state index in [0.29, 0.717) is 13.0 Å². The molecule has 1 rings (SSSR count). The summed E-state index contributed by atoms with van der Waals surface area (Å²) in [6.07, 6.45) is 0.698. The number of hydrogen-bond donors (Lipinski definition) is 3. The molecule has 0 unspecified atom stereocenters. The second-order valence-electron chi connectivity index (χ2n) is 2.90. The van der Waals surface area contributed by atoms with Crippen LogP contribution in [0, 0.1) is 5.92 Å². The molecule has 1 heterocycles. The fourth-order valence-corrected chi connectivity index (χ4v) is 1.33. The Morgan fingerprint density at radius 3 is 2.42 bits per heavy atom. The monoisotopic (exact) mass is 173 g/mol. The zero-order valence-electron chi connectivity index (χ0n) is 6.49. The summed E-state index contributed by atoms with van der Waals surface area (Å²) in [7, 11) is 0. The lowest BCUT2D eigenvalue weighted by Gasteiger charge is -2.24. The molecule has 12 heavy (non-hydrogen) atoms. The van der Waals surface area contributed by atoms with Crippen molar-refractivity contribution in [1.82, 2.24) is 5.32 Å². The van der Waals surface area contributed by atoms with Crippen molar-refractivity contribution in [3.05, 3.63) is 0 Å². The van der Waals surface area contributed by atoms with Gasteiger partial charge in [0.1, 0.15) is 6.04 Å². The molecule has 1 fully saturated rings. The molecule has 0 aromatic carbocycles. The van der Waals surface area contributed by atoms with Gasteiger partial charge in [0, 0.05) is 0 Å². The lowest BCUT2D eigenvalue weighted by atomic mass is 9.93. The number of nitrogens with one attached hydrogen (secondary N) is 1. The number of aliphatic carboxylic acids is 2. The van der Waals surface area contributed by atoms with Gasteiger partial charge in [-0.2, -0.15) is 0 Å². The van der Waals surface area contributed by atoms with Crippen LogP contribution in [-0.4, -0.2) is 34.7 Å². The van der Waals surface area contributed by atoms with Crippen LogP contribution in [0.3, 0.4) is 0 Å². The maximum absolute atomic E-state index is 10.5. The summed E-state index contributed by atoms with van der Waals surface area (Å²) in [5.41, 5.74) is 0. The van der Waals surface area contributed by atoms with Gasteiger partial charge >= 0.3 is 11.9 Å². The largest absolute Gasteiger partial charge is 0.481 e. The number of hydrogen-bond acceptors (Lipinski definition) is 3. The average Bonchev–Trinajstić information content (AvgIpc) is 2.04. The second-order valence-corrected chi connectivity index (χ2v) is 2.90. The Bertz CT molecular complexity index is 184. The number of carboxylic acid groups (broad SMARTS) is 2. The van der Waals surface area contributed by atoms with E-state index in [4.69, 9.17) is 10.2 Å². The predicted octanol–water partition coefficient (Wildman–Crippen LogP) is -0.476. The fourth-order valence-electron chi connectivity index (χ4n) is 1.33. The zero-order chi connectivity index (χ0) is 9.14. The molecule has 5 nitrogen and oxygen atoms in total. The van der Waals surface area contributed by atoms with Gasteiger partial charge in [-0.05, 0) is 19.4 Å². The van der Waals surface area contributed by atoms with Gasteiger partial charge in [-0.3, -0.25) is 9.59 Å². The standard InChI is InChI=1S/C7H11NO4/c9-6(10)4-1-2-8-5(3-4)7(11)12/h4-5,8H,1-3H2,(H,9,10)(H,11,12)/t4-,5-/m1/s1. The van der Waals surface area contributed by atoms with E-state index in [-0.39, 0.29) is 6.42 Å². The van der Waals surface area contributed by atoms with Gasteiger partial charge in [0.05, 0.1) is 5.92 Å². The molecule has 5 heteroatoms. The highest BCUT2D eigenvalue weighted by atomic mass is 16.4. The Labute approximate surface area is 69.4 Å². The highest BCUT2D eigenvalue weighted by Gasteiger charge is 2.30. The van der Waals surface area contributed by atoms with Gasteiger partial charge in [0.25, 0.3) is 0 Å². The summed E-state index contributed by atoms with van der Waals surface area (Å²) < 4.78 is 0. The molecule has 0 aromatic heterocycles. The third kappa shape index (κ3) is 1.94. The summed E-state index contributed by atoms with van der Waals surface area (Å²) in [4.78, 5) is 21.0. The first-order valence-electron chi connectivity index (χ1n) is 3.80. The summed E-state index contributed by atoms with van der Waals surface area (Å²) in [6.45, 7) is 0.466. The quantitative estimate of drug-likeness (QED) is 0.525. The van der Waals surface area contributed by atoms with Crippen LogP contribution in [0.4, 0.5) is 0 Å². The van der Waals surface area contributed by atoms with Crippen LogP contribution in [0.2, 0.25) is 0 Å². The van der Waals surface area contributed by atoms with E-state index in [9.17, 15) is 9.59 Å². The highest BCUT2D eigenvalue weighted by Crippen LogP contribution is 2.16. The zero-order valence-corrected chi connectivity index (χ0v) is 6.49. The van der Waals surface area contributed by atoms with Gasteiger partial charge in [-0.1, -0.05) is 0 Å². The van der Waals surface area contributed by atoms with Crippen LogP contribution in [-0.2, 0) is 9.59 Å². The smallest absolute Gasteiger partial charge is 0.320 e. The maximum Gasteiger partial charge on any atom is 0.320 e. The summed E-state index contributed by atoms with van der Waals surface area (Å²) in [5.74, 6) is -2.38. The molecular formula is C7H11NO4. The minimum Gasteiger partial charge on any atom is -0.481 e. The van der Waals surface area contributed by atoms with E-state index in [0.717, 1.165) is 0 Å². The SMILES string of the molecule is O=C(O)[C@@H]1CCN[C@@H](C(=O)O)C1. The van der Waals surface area contributed by atoms with E-state index in [1.54, 1.807) is 0 Å². The minimum atomic E-state index is -0.971. The van der Waals surface area contributed by atoms with E-state index in [1.807, 2.05) is 0 Å². The topological polar surface area (TPSA) is 86.6 Å². The predicted molar refractivity (Wildman–Crippen MR) is 39.8 cm³/mol. The molecule has 0 aliphatic carbocycles. The van der Waals surface area contributed by atoms with Crippen LogP contribution < -0.4 is 5.32 Å². The Morgan fingerprint density at radius 1 is 1.25 bits per heavy atom. The molecule has 0 saturated carbocycles. The van der Waals surface area contributed by atoms with Crippen molar-refractivity contribution in [3.63, 3.8) is 0 Å². The summed E-state index contributed by atoms with van der Waals surface area (Å²) in [6, 6.07) is -0.695. The third-order valence-corrected chi connectivity index (χ3v) is 2.05. The normalized spacial score (nSPS) is 29.7. The molecule has 1 saturated heterocycles. The first-order valence-corrected chi connectivity index (χ1v) is 3.80. The number of piperidine rings is 1. The average molecular weight is 173 g/mol. The number of carbonyl (C=O) groups is 2. The van der Waals surface area contributed by atoms with E-state index in [2.05, 4.69) is 5.32 Å². The third-order valence-electron chi connectivity index (χ3n) is 2.05. The molecule has 2 atom stereocenters. The fraction of sp³-hybridized carbons (Fsp3) is 0.714. The Morgan fingerprint density at radius 2 is 1.92 bits per heavy atom. The Balaban J connectivity index is 2.51. The van der Waals surface area contributed by atoms with Crippen molar-refractivity contribution in [1.29, 1.82) is 0 Å². The van der Waals surface area contributed by atoms with Crippen molar-refractivity contribution in [2.75, 3.05) is 6.54 Å². The van der Waals surface area contributed by atoms with E-state index >= 15 is 0 Å². The van der Waals surface area contributed by atoms with Crippen molar-refractivity contribution < 1.29 is 19.8 Å².